The number of nitrogens with zero attached hydrogens (tertiary/aromatic N) is 2. The number of carbonyl (C=O) groups is 2. The summed E-state index contributed by atoms with van der Waals surface area (Å²) in [6.07, 6.45) is 1.52. The number of amides is 2. The van der Waals surface area contributed by atoms with Gasteiger partial charge in [-0.25, -0.2) is 4.39 Å². The first kappa shape index (κ1) is 22.2. The molecule has 0 aliphatic heterocycles. The molecule has 2 aromatic rings. The van der Waals surface area contributed by atoms with Gasteiger partial charge in [-0.15, -0.1) is 0 Å². The number of furan rings is 1. The van der Waals surface area contributed by atoms with Gasteiger partial charge in [0, 0.05) is 13.1 Å². The SMILES string of the molecule is CC(C)CN(CC(=O)N(Cc1ccc(F)cc1)Cc1ccco1)C(=O)C(Cl)Cl. The van der Waals surface area contributed by atoms with Gasteiger partial charge in [-0.05, 0) is 35.7 Å². The molecule has 2 amide bonds. The topological polar surface area (TPSA) is 53.8 Å². The van der Waals surface area contributed by atoms with Crippen molar-refractivity contribution in [3.05, 3.63) is 59.8 Å². The van der Waals surface area contributed by atoms with Crippen LogP contribution in [0.5, 0.6) is 0 Å². The van der Waals surface area contributed by atoms with E-state index in [1.54, 1.807) is 29.2 Å². The molecule has 28 heavy (non-hydrogen) atoms. The van der Waals surface area contributed by atoms with Crippen LogP contribution in [0.15, 0.2) is 47.1 Å². The van der Waals surface area contributed by atoms with Crippen LogP contribution < -0.4 is 0 Å². The van der Waals surface area contributed by atoms with Crippen LogP contribution in [0.2, 0.25) is 0 Å². The minimum absolute atomic E-state index is 0.138. The van der Waals surface area contributed by atoms with E-state index >= 15 is 0 Å². The van der Waals surface area contributed by atoms with Crippen molar-refractivity contribution in [3.63, 3.8) is 0 Å². The first-order valence-corrected chi connectivity index (χ1v) is 9.75. The molecular weight excluding hydrogens is 406 g/mol. The number of alkyl halides is 2. The predicted molar refractivity (Wildman–Crippen MR) is 106 cm³/mol. The molecule has 0 bridgehead atoms. The summed E-state index contributed by atoms with van der Waals surface area (Å²) in [6.45, 7) is 4.52. The molecule has 0 aliphatic rings. The van der Waals surface area contributed by atoms with Crippen LogP contribution in [0, 0.1) is 11.7 Å². The molecule has 0 unspecified atom stereocenters. The molecule has 0 fully saturated rings. The fraction of sp³-hybridized carbons (Fsp3) is 0.400. The summed E-state index contributed by atoms with van der Waals surface area (Å²) in [5, 5.41) is 0. The highest BCUT2D eigenvalue weighted by atomic mass is 35.5. The molecule has 0 aliphatic carbocycles. The second-order valence-corrected chi connectivity index (χ2v) is 7.97. The second kappa shape index (κ2) is 10.5. The van der Waals surface area contributed by atoms with E-state index in [2.05, 4.69) is 0 Å². The molecule has 0 atom stereocenters. The van der Waals surface area contributed by atoms with Crippen molar-refractivity contribution in [2.45, 2.75) is 31.8 Å². The molecule has 2 rings (SSSR count). The first-order chi connectivity index (χ1) is 13.3. The van der Waals surface area contributed by atoms with Crippen molar-refractivity contribution in [2.75, 3.05) is 13.1 Å². The smallest absolute Gasteiger partial charge is 0.256 e. The van der Waals surface area contributed by atoms with Crippen LogP contribution >= 0.6 is 23.2 Å². The number of benzene rings is 1. The summed E-state index contributed by atoms with van der Waals surface area (Å²) in [4.78, 5) is 26.9. The van der Waals surface area contributed by atoms with Gasteiger partial charge >= 0.3 is 0 Å². The van der Waals surface area contributed by atoms with Crippen LogP contribution in [0.4, 0.5) is 4.39 Å². The van der Waals surface area contributed by atoms with Gasteiger partial charge in [-0.1, -0.05) is 49.2 Å². The van der Waals surface area contributed by atoms with Crippen LogP contribution in [-0.2, 0) is 22.7 Å². The van der Waals surface area contributed by atoms with Gasteiger partial charge in [0.05, 0.1) is 19.4 Å². The highest BCUT2D eigenvalue weighted by Crippen LogP contribution is 2.14. The Morgan fingerprint density at radius 2 is 1.75 bits per heavy atom. The Kier molecular flexibility index (Phi) is 8.33. The fourth-order valence-electron chi connectivity index (χ4n) is 2.71. The third-order valence-corrected chi connectivity index (χ3v) is 4.35. The van der Waals surface area contributed by atoms with E-state index in [1.807, 2.05) is 13.8 Å². The highest BCUT2D eigenvalue weighted by molar-refractivity contribution is 6.53. The molecule has 1 heterocycles. The van der Waals surface area contributed by atoms with Crippen molar-refractivity contribution < 1.29 is 18.4 Å². The molecule has 0 N–H and O–H groups in total. The lowest BCUT2D eigenvalue weighted by Gasteiger charge is -2.28. The second-order valence-electron chi connectivity index (χ2n) is 6.87. The van der Waals surface area contributed by atoms with Crippen molar-refractivity contribution in [1.29, 1.82) is 0 Å². The van der Waals surface area contributed by atoms with Gasteiger partial charge in [0.2, 0.25) is 5.91 Å². The zero-order chi connectivity index (χ0) is 20.7. The molecule has 0 saturated heterocycles. The van der Waals surface area contributed by atoms with E-state index in [-0.39, 0.29) is 37.3 Å². The maximum absolute atomic E-state index is 13.2. The van der Waals surface area contributed by atoms with Gasteiger partial charge in [0.1, 0.15) is 11.6 Å². The Labute approximate surface area is 174 Å². The number of hydrogen-bond acceptors (Lipinski definition) is 3. The summed E-state index contributed by atoms with van der Waals surface area (Å²) >= 11 is 11.5. The standard InChI is InChI=1S/C20H23Cl2FN2O3/c1-14(2)10-25(20(27)19(21)22)13-18(26)24(12-17-4-3-9-28-17)11-15-5-7-16(23)8-6-15/h3-9,14,19H,10-13H2,1-2H3. The monoisotopic (exact) mass is 428 g/mol. The lowest BCUT2D eigenvalue weighted by molar-refractivity contribution is -0.141. The van der Waals surface area contributed by atoms with E-state index < -0.39 is 10.7 Å². The average Bonchev–Trinajstić information content (AvgIpc) is 3.14. The fourth-order valence-corrected chi connectivity index (χ4v) is 2.98. The predicted octanol–water partition coefficient (Wildman–Crippen LogP) is 4.24. The maximum atomic E-state index is 13.2. The molecule has 1 aromatic carbocycles. The van der Waals surface area contributed by atoms with Gasteiger partial charge < -0.3 is 14.2 Å². The Morgan fingerprint density at radius 3 is 2.29 bits per heavy atom. The van der Waals surface area contributed by atoms with E-state index in [0.29, 0.717) is 12.3 Å². The van der Waals surface area contributed by atoms with Crippen molar-refractivity contribution in [1.82, 2.24) is 9.80 Å². The number of carbonyl (C=O) groups excluding carboxylic acids is 2. The molecule has 0 spiro atoms. The number of halogens is 3. The zero-order valence-electron chi connectivity index (χ0n) is 15.8. The summed E-state index contributed by atoms with van der Waals surface area (Å²) in [5.41, 5.74) is 0.760. The Bertz CT molecular complexity index is 764. The Hall–Kier alpha value is -2.05. The third-order valence-electron chi connectivity index (χ3n) is 3.98. The van der Waals surface area contributed by atoms with Crippen LogP contribution in [0.3, 0.4) is 0 Å². The Balaban J connectivity index is 2.18. The summed E-state index contributed by atoms with van der Waals surface area (Å²) in [6, 6.07) is 9.40. The Morgan fingerprint density at radius 1 is 1.07 bits per heavy atom. The van der Waals surface area contributed by atoms with E-state index in [4.69, 9.17) is 27.6 Å². The molecule has 5 nitrogen and oxygen atoms in total. The highest BCUT2D eigenvalue weighted by Gasteiger charge is 2.26. The lowest BCUT2D eigenvalue weighted by Crippen LogP contribution is -2.45. The quantitative estimate of drug-likeness (QED) is 0.561. The zero-order valence-corrected chi connectivity index (χ0v) is 17.3. The maximum Gasteiger partial charge on any atom is 0.256 e. The van der Waals surface area contributed by atoms with Crippen molar-refractivity contribution in [2.24, 2.45) is 5.92 Å². The summed E-state index contributed by atoms with van der Waals surface area (Å²) in [5.74, 6) is -0.408. The lowest BCUT2D eigenvalue weighted by atomic mass is 10.2. The van der Waals surface area contributed by atoms with Crippen LogP contribution in [0.1, 0.15) is 25.2 Å². The van der Waals surface area contributed by atoms with Gasteiger partial charge in [0.25, 0.3) is 5.91 Å². The summed E-state index contributed by atoms with van der Waals surface area (Å²) in [7, 11) is 0. The molecule has 1 aromatic heterocycles. The van der Waals surface area contributed by atoms with Gasteiger partial charge in [-0.2, -0.15) is 0 Å². The summed E-state index contributed by atoms with van der Waals surface area (Å²) < 4.78 is 18.5. The molecule has 0 saturated carbocycles. The molecule has 152 valence electrons. The normalized spacial score (nSPS) is 11.1. The minimum atomic E-state index is -1.23. The van der Waals surface area contributed by atoms with E-state index in [1.165, 1.54) is 23.3 Å². The molecule has 8 heteroatoms. The van der Waals surface area contributed by atoms with Gasteiger partial charge in [0.15, 0.2) is 4.84 Å². The van der Waals surface area contributed by atoms with Crippen molar-refractivity contribution >= 4 is 35.0 Å². The van der Waals surface area contributed by atoms with Gasteiger partial charge in [-0.3, -0.25) is 9.59 Å². The van der Waals surface area contributed by atoms with Crippen LogP contribution in [-0.4, -0.2) is 39.5 Å². The van der Waals surface area contributed by atoms with E-state index in [9.17, 15) is 14.0 Å². The molecule has 0 radical (unpaired) electrons. The molecular formula is C20H23Cl2FN2O3. The minimum Gasteiger partial charge on any atom is -0.467 e. The van der Waals surface area contributed by atoms with E-state index in [0.717, 1.165) is 5.56 Å². The number of hydrogen-bond donors (Lipinski definition) is 0. The largest absolute Gasteiger partial charge is 0.467 e. The van der Waals surface area contributed by atoms with Crippen LogP contribution in [0.25, 0.3) is 0 Å². The average molecular weight is 429 g/mol. The van der Waals surface area contributed by atoms with Crippen molar-refractivity contribution in [3.8, 4) is 0 Å². The third kappa shape index (κ3) is 6.84. The number of rotatable bonds is 9. The first-order valence-electron chi connectivity index (χ1n) is 8.87.